The number of aryl methyl sites for hydroxylation is 2. The molecule has 4 heterocycles. The predicted molar refractivity (Wildman–Crippen MR) is 92.2 cm³/mol. The van der Waals surface area contributed by atoms with Crippen molar-refractivity contribution in [2.24, 2.45) is 7.05 Å². The summed E-state index contributed by atoms with van der Waals surface area (Å²) in [6.07, 6.45) is 4.18. The summed E-state index contributed by atoms with van der Waals surface area (Å²) in [7, 11) is 1.86. The molecule has 1 atom stereocenters. The zero-order valence-electron chi connectivity index (χ0n) is 14.9. The molecule has 1 saturated heterocycles. The molecule has 1 aliphatic rings. The topological polar surface area (TPSA) is 97.8 Å². The highest BCUT2D eigenvalue weighted by Crippen LogP contribution is 2.35. The van der Waals surface area contributed by atoms with Crippen LogP contribution in [0.4, 0.5) is 5.82 Å². The van der Waals surface area contributed by atoms with Crippen molar-refractivity contribution in [3.05, 3.63) is 23.9 Å². The van der Waals surface area contributed by atoms with E-state index in [4.69, 9.17) is 0 Å². The van der Waals surface area contributed by atoms with Crippen molar-refractivity contribution >= 4 is 16.9 Å². The van der Waals surface area contributed by atoms with E-state index < -0.39 is 5.60 Å². The molecule has 0 radical (unpaired) electrons. The standard InChI is InChI=1S/C16H22N8O/c1-10(2)24-8-13(20-21-24)16(25)5-6-23(9-16)15-12-7-17-22(4)14(12)18-11(3)19-15/h7-8,10,25H,5-6,9H2,1-4H3. The Hall–Kier alpha value is -2.55. The first-order valence-corrected chi connectivity index (χ1v) is 8.43. The summed E-state index contributed by atoms with van der Waals surface area (Å²) in [6, 6.07) is 0.210. The van der Waals surface area contributed by atoms with Gasteiger partial charge in [-0.05, 0) is 20.8 Å². The quantitative estimate of drug-likeness (QED) is 0.756. The Kier molecular flexibility index (Phi) is 3.50. The predicted octanol–water partition coefficient (Wildman–Crippen LogP) is 0.942. The average Bonchev–Trinajstić information content (AvgIpc) is 3.27. The molecule has 0 bridgehead atoms. The third kappa shape index (κ3) is 2.55. The molecule has 1 fully saturated rings. The molecule has 0 saturated carbocycles. The number of anilines is 1. The van der Waals surface area contributed by atoms with E-state index in [9.17, 15) is 5.11 Å². The minimum Gasteiger partial charge on any atom is -0.381 e. The third-order valence-electron chi connectivity index (χ3n) is 4.75. The number of aliphatic hydroxyl groups is 1. The Balaban J connectivity index is 1.68. The fourth-order valence-corrected chi connectivity index (χ4v) is 3.28. The highest BCUT2D eigenvalue weighted by atomic mass is 16.3. The van der Waals surface area contributed by atoms with Gasteiger partial charge in [-0.1, -0.05) is 5.21 Å². The fraction of sp³-hybridized carbons (Fsp3) is 0.562. The molecule has 1 N–H and O–H groups in total. The Labute approximate surface area is 145 Å². The summed E-state index contributed by atoms with van der Waals surface area (Å²) in [4.78, 5) is 11.1. The van der Waals surface area contributed by atoms with E-state index in [0.717, 1.165) is 16.9 Å². The van der Waals surface area contributed by atoms with Crippen LogP contribution in [0.1, 0.15) is 37.8 Å². The smallest absolute Gasteiger partial charge is 0.163 e. The van der Waals surface area contributed by atoms with Gasteiger partial charge in [0, 0.05) is 26.1 Å². The largest absolute Gasteiger partial charge is 0.381 e. The van der Waals surface area contributed by atoms with Crippen LogP contribution in [0.2, 0.25) is 0 Å². The van der Waals surface area contributed by atoms with Gasteiger partial charge in [-0.3, -0.25) is 4.68 Å². The number of fused-ring (bicyclic) bond motifs is 1. The van der Waals surface area contributed by atoms with Crippen molar-refractivity contribution in [3.8, 4) is 0 Å². The lowest BCUT2D eigenvalue weighted by molar-refractivity contribution is 0.0559. The van der Waals surface area contributed by atoms with E-state index >= 15 is 0 Å². The molecule has 25 heavy (non-hydrogen) atoms. The van der Waals surface area contributed by atoms with Gasteiger partial charge in [-0.2, -0.15) is 5.10 Å². The Morgan fingerprint density at radius 3 is 2.80 bits per heavy atom. The van der Waals surface area contributed by atoms with E-state index in [-0.39, 0.29) is 6.04 Å². The van der Waals surface area contributed by atoms with E-state index in [0.29, 0.717) is 31.0 Å². The summed E-state index contributed by atoms with van der Waals surface area (Å²) < 4.78 is 3.51. The number of β-amino-alcohol motifs (C(OH)–C–C–N with tert-alkyl or cyclic N) is 1. The van der Waals surface area contributed by atoms with Crippen molar-refractivity contribution in [2.75, 3.05) is 18.0 Å². The van der Waals surface area contributed by atoms with Crippen LogP contribution in [-0.4, -0.2) is 52.9 Å². The third-order valence-corrected chi connectivity index (χ3v) is 4.75. The van der Waals surface area contributed by atoms with Crippen LogP contribution in [0.25, 0.3) is 11.0 Å². The maximum absolute atomic E-state index is 11.1. The fourth-order valence-electron chi connectivity index (χ4n) is 3.28. The first-order chi connectivity index (χ1) is 11.9. The molecule has 1 unspecified atom stereocenters. The first-order valence-electron chi connectivity index (χ1n) is 8.43. The van der Waals surface area contributed by atoms with Gasteiger partial charge in [0.15, 0.2) is 5.65 Å². The molecule has 1 aliphatic heterocycles. The van der Waals surface area contributed by atoms with Crippen molar-refractivity contribution in [1.29, 1.82) is 0 Å². The first kappa shape index (κ1) is 15.9. The van der Waals surface area contributed by atoms with E-state index in [1.165, 1.54) is 0 Å². The molecule has 3 aromatic heterocycles. The van der Waals surface area contributed by atoms with Crippen LogP contribution >= 0.6 is 0 Å². The Morgan fingerprint density at radius 2 is 2.08 bits per heavy atom. The van der Waals surface area contributed by atoms with Crippen molar-refractivity contribution in [1.82, 2.24) is 34.7 Å². The van der Waals surface area contributed by atoms with Crippen molar-refractivity contribution in [3.63, 3.8) is 0 Å². The highest BCUT2D eigenvalue weighted by molar-refractivity contribution is 5.87. The second-order valence-corrected chi connectivity index (χ2v) is 6.98. The molecule has 0 spiro atoms. The molecular weight excluding hydrogens is 320 g/mol. The van der Waals surface area contributed by atoms with Crippen LogP contribution in [0, 0.1) is 6.92 Å². The molecular formula is C16H22N8O. The molecule has 9 heteroatoms. The van der Waals surface area contributed by atoms with Gasteiger partial charge in [0.05, 0.1) is 24.3 Å². The van der Waals surface area contributed by atoms with Crippen LogP contribution < -0.4 is 4.90 Å². The average molecular weight is 342 g/mol. The summed E-state index contributed by atoms with van der Waals surface area (Å²) in [5, 5.41) is 24.6. The second kappa shape index (κ2) is 5.48. The lowest BCUT2D eigenvalue weighted by Crippen LogP contribution is -2.31. The van der Waals surface area contributed by atoms with Crippen LogP contribution in [0.5, 0.6) is 0 Å². The number of hydrogen-bond donors (Lipinski definition) is 1. The van der Waals surface area contributed by atoms with Gasteiger partial charge >= 0.3 is 0 Å². The SMILES string of the molecule is Cc1nc(N2CCC(O)(c3cn(C(C)C)nn3)C2)c2cnn(C)c2n1. The van der Waals surface area contributed by atoms with E-state index in [2.05, 4.69) is 30.3 Å². The summed E-state index contributed by atoms with van der Waals surface area (Å²) in [5.74, 6) is 1.50. The Bertz CT molecular complexity index is 930. The molecule has 0 aliphatic carbocycles. The number of hydrogen-bond acceptors (Lipinski definition) is 7. The normalized spacial score (nSPS) is 21.0. The number of rotatable bonds is 3. The molecule has 3 aromatic rings. The van der Waals surface area contributed by atoms with Gasteiger partial charge in [0.2, 0.25) is 0 Å². The molecule has 132 valence electrons. The zero-order chi connectivity index (χ0) is 17.8. The molecule has 0 amide bonds. The Morgan fingerprint density at radius 1 is 1.28 bits per heavy atom. The monoisotopic (exact) mass is 342 g/mol. The summed E-state index contributed by atoms with van der Waals surface area (Å²) in [6.45, 7) is 7.04. The van der Waals surface area contributed by atoms with E-state index in [1.807, 2.05) is 34.0 Å². The zero-order valence-corrected chi connectivity index (χ0v) is 14.9. The van der Waals surface area contributed by atoms with Crippen LogP contribution in [-0.2, 0) is 12.6 Å². The lowest BCUT2D eigenvalue weighted by atomic mass is 10.00. The van der Waals surface area contributed by atoms with Gasteiger partial charge in [-0.25, -0.2) is 14.6 Å². The van der Waals surface area contributed by atoms with Gasteiger partial charge in [0.25, 0.3) is 0 Å². The molecule has 4 rings (SSSR count). The minimum atomic E-state index is -1.03. The van der Waals surface area contributed by atoms with Crippen LogP contribution in [0.3, 0.4) is 0 Å². The number of nitrogens with zero attached hydrogens (tertiary/aromatic N) is 8. The molecule has 9 nitrogen and oxygen atoms in total. The molecule has 0 aromatic carbocycles. The summed E-state index contributed by atoms with van der Waals surface area (Å²) >= 11 is 0. The van der Waals surface area contributed by atoms with Crippen LogP contribution in [0.15, 0.2) is 12.4 Å². The van der Waals surface area contributed by atoms with E-state index in [1.54, 1.807) is 15.6 Å². The van der Waals surface area contributed by atoms with Crippen molar-refractivity contribution < 1.29 is 5.11 Å². The van der Waals surface area contributed by atoms with Gasteiger partial charge < -0.3 is 10.0 Å². The lowest BCUT2D eigenvalue weighted by Gasteiger charge is -2.22. The number of aromatic nitrogens is 7. The van der Waals surface area contributed by atoms with Crippen molar-refractivity contribution in [2.45, 2.75) is 38.8 Å². The minimum absolute atomic E-state index is 0.210. The second-order valence-electron chi connectivity index (χ2n) is 6.98. The highest BCUT2D eigenvalue weighted by Gasteiger charge is 2.41. The maximum atomic E-state index is 11.1. The summed E-state index contributed by atoms with van der Waals surface area (Å²) in [5.41, 5.74) is 0.376. The van der Waals surface area contributed by atoms with Gasteiger partial charge in [-0.15, -0.1) is 5.10 Å². The maximum Gasteiger partial charge on any atom is 0.163 e. The van der Waals surface area contributed by atoms with Gasteiger partial charge in [0.1, 0.15) is 22.9 Å².